The van der Waals surface area contributed by atoms with Gasteiger partial charge in [-0.15, -0.1) is 0 Å². The summed E-state index contributed by atoms with van der Waals surface area (Å²) in [6.07, 6.45) is 6.93. The number of hydrogen-bond donors (Lipinski definition) is 1. The number of nitrogens with zero attached hydrogens (tertiary/aromatic N) is 1. The van der Waals surface area contributed by atoms with Gasteiger partial charge in [0.05, 0.1) is 26.4 Å². The van der Waals surface area contributed by atoms with Crippen LogP contribution in [0.2, 0.25) is 0 Å². The van der Waals surface area contributed by atoms with E-state index in [2.05, 4.69) is 0 Å². The Bertz CT molecular complexity index is 505. The minimum absolute atomic E-state index is 0.0814. The number of unbranched alkanes of at least 4 members (excludes halogenated alkanes) is 2. The predicted molar refractivity (Wildman–Crippen MR) is 106 cm³/mol. The molecule has 8 heteroatoms. The molecular weight excluding hydrogens is 376 g/mol. The second-order valence-corrected chi connectivity index (χ2v) is 8.42. The third-order valence-corrected chi connectivity index (χ3v) is 5.97. The number of rotatable bonds is 16. The summed E-state index contributed by atoms with van der Waals surface area (Å²) in [7, 11) is 0. The van der Waals surface area contributed by atoms with Crippen LogP contribution in [0.5, 0.6) is 0 Å². The Labute approximate surface area is 173 Å². The molecule has 2 aliphatic heterocycles. The van der Waals surface area contributed by atoms with Gasteiger partial charge in [0, 0.05) is 26.3 Å². The van der Waals surface area contributed by atoms with Crippen molar-refractivity contribution in [3.63, 3.8) is 0 Å². The van der Waals surface area contributed by atoms with E-state index in [1.807, 2.05) is 4.90 Å². The summed E-state index contributed by atoms with van der Waals surface area (Å²) in [6.45, 7) is 5.50. The average molecular weight is 413 g/mol. The molecule has 2 unspecified atom stereocenters. The van der Waals surface area contributed by atoms with Crippen LogP contribution in [-0.4, -0.2) is 81.7 Å². The highest BCUT2D eigenvalue weighted by atomic mass is 16.6. The highest BCUT2D eigenvalue weighted by molar-refractivity contribution is 6.04. The lowest BCUT2D eigenvalue weighted by Gasteiger charge is -2.32. The second kappa shape index (κ2) is 11.2. The summed E-state index contributed by atoms with van der Waals surface area (Å²) >= 11 is 0. The minimum atomic E-state index is -1.00. The van der Waals surface area contributed by atoms with E-state index in [9.17, 15) is 9.59 Å². The molecule has 2 saturated heterocycles. The van der Waals surface area contributed by atoms with Gasteiger partial charge in [0.15, 0.2) is 0 Å². The Morgan fingerprint density at radius 3 is 1.79 bits per heavy atom. The Morgan fingerprint density at radius 1 is 0.897 bits per heavy atom. The van der Waals surface area contributed by atoms with Gasteiger partial charge in [-0.25, -0.2) is 0 Å². The monoisotopic (exact) mass is 412 g/mol. The first-order chi connectivity index (χ1) is 14.1. The molecule has 0 aromatic rings. The van der Waals surface area contributed by atoms with E-state index in [-0.39, 0.29) is 18.1 Å². The topological polar surface area (TPSA) is 107 Å². The number of amides is 2. The van der Waals surface area contributed by atoms with Crippen LogP contribution in [0, 0.1) is 5.41 Å². The fourth-order valence-electron chi connectivity index (χ4n) is 3.93. The zero-order valence-electron chi connectivity index (χ0n) is 17.4. The standard InChI is InChI=1S/C21H36N2O6/c22-19(24)21(7-1-2-8-21)20(25)23(9-3-5-11-26-13-17-15-28-17)10-4-6-12-27-14-18-16-29-18/h17-18H,1-16H2,(H2,22,24). The molecule has 1 saturated carbocycles. The van der Waals surface area contributed by atoms with E-state index >= 15 is 0 Å². The molecule has 0 aromatic heterocycles. The van der Waals surface area contributed by atoms with Gasteiger partial charge in [0.25, 0.3) is 0 Å². The van der Waals surface area contributed by atoms with Crippen molar-refractivity contribution >= 4 is 11.8 Å². The van der Waals surface area contributed by atoms with Crippen LogP contribution in [0.25, 0.3) is 0 Å². The van der Waals surface area contributed by atoms with Crippen LogP contribution in [0.4, 0.5) is 0 Å². The molecule has 0 aromatic carbocycles. The van der Waals surface area contributed by atoms with Crippen molar-refractivity contribution in [2.24, 2.45) is 11.1 Å². The van der Waals surface area contributed by atoms with Crippen LogP contribution < -0.4 is 5.73 Å². The van der Waals surface area contributed by atoms with Crippen molar-refractivity contribution in [3.8, 4) is 0 Å². The van der Waals surface area contributed by atoms with Crippen molar-refractivity contribution in [2.45, 2.75) is 63.6 Å². The van der Waals surface area contributed by atoms with Crippen LogP contribution in [0.1, 0.15) is 51.4 Å². The number of ether oxygens (including phenoxy) is 4. The van der Waals surface area contributed by atoms with E-state index in [0.717, 1.165) is 51.7 Å². The third-order valence-electron chi connectivity index (χ3n) is 5.97. The lowest BCUT2D eigenvalue weighted by atomic mass is 9.83. The fraction of sp³-hybridized carbons (Fsp3) is 0.905. The van der Waals surface area contributed by atoms with E-state index in [0.29, 0.717) is 52.4 Å². The molecule has 0 radical (unpaired) electrons. The molecular formula is C21H36N2O6. The van der Waals surface area contributed by atoms with Crippen LogP contribution in [-0.2, 0) is 28.5 Å². The molecule has 3 rings (SSSR count). The van der Waals surface area contributed by atoms with Gasteiger partial charge in [-0.05, 0) is 38.5 Å². The molecule has 2 N–H and O–H groups in total. The highest BCUT2D eigenvalue weighted by Gasteiger charge is 2.48. The molecule has 2 atom stereocenters. The van der Waals surface area contributed by atoms with Gasteiger partial charge in [-0.1, -0.05) is 12.8 Å². The molecule has 0 bridgehead atoms. The zero-order chi connectivity index (χ0) is 20.5. The summed E-state index contributed by atoms with van der Waals surface area (Å²) in [4.78, 5) is 27.3. The maximum Gasteiger partial charge on any atom is 0.238 e. The van der Waals surface area contributed by atoms with Crippen LogP contribution in [0.3, 0.4) is 0 Å². The van der Waals surface area contributed by atoms with Gasteiger partial charge >= 0.3 is 0 Å². The number of primary amides is 1. The van der Waals surface area contributed by atoms with Gasteiger partial charge in [0.1, 0.15) is 17.6 Å². The summed E-state index contributed by atoms with van der Waals surface area (Å²) < 4.78 is 21.4. The van der Waals surface area contributed by atoms with Gasteiger partial charge in [-0.3, -0.25) is 9.59 Å². The molecule has 3 aliphatic rings. The van der Waals surface area contributed by atoms with E-state index < -0.39 is 11.3 Å². The quantitative estimate of drug-likeness (QED) is 0.232. The first-order valence-corrected chi connectivity index (χ1v) is 11.1. The van der Waals surface area contributed by atoms with E-state index in [1.54, 1.807) is 0 Å². The maximum absolute atomic E-state index is 13.3. The van der Waals surface area contributed by atoms with E-state index in [4.69, 9.17) is 24.7 Å². The maximum atomic E-state index is 13.3. The normalized spacial score (nSPS) is 24.4. The van der Waals surface area contributed by atoms with E-state index in [1.165, 1.54) is 0 Å². The number of carbonyl (C=O) groups excluding carboxylic acids is 2. The third kappa shape index (κ3) is 7.20. The van der Waals surface area contributed by atoms with Crippen LogP contribution >= 0.6 is 0 Å². The molecule has 1 aliphatic carbocycles. The Kier molecular flexibility index (Phi) is 8.71. The molecule has 2 amide bonds. The van der Waals surface area contributed by atoms with Crippen molar-refractivity contribution in [2.75, 3.05) is 52.7 Å². The Morgan fingerprint density at radius 2 is 1.38 bits per heavy atom. The molecule has 2 heterocycles. The summed E-state index contributed by atoms with van der Waals surface area (Å²) in [5.74, 6) is -0.548. The van der Waals surface area contributed by atoms with Crippen molar-refractivity contribution in [1.82, 2.24) is 4.90 Å². The number of hydrogen-bond acceptors (Lipinski definition) is 6. The van der Waals surface area contributed by atoms with Crippen molar-refractivity contribution < 1.29 is 28.5 Å². The first kappa shape index (κ1) is 22.5. The predicted octanol–water partition coefficient (Wildman–Crippen LogP) is 1.25. The first-order valence-electron chi connectivity index (χ1n) is 11.1. The average Bonchev–Trinajstić information content (AvgIpc) is 3.64. The molecule has 3 fully saturated rings. The van der Waals surface area contributed by atoms with Crippen LogP contribution in [0.15, 0.2) is 0 Å². The lowest BCUT2D eigenvalue weighted by Crippen LogP contribution is -2.50. The number of nitrogens with two attached hydrogens (primary N) is 1. The molecule has 0 spiro atoms. The summed E-state index contributed by atoms with van der Waals surface area (Å²) in [5.41, 5.74) is 4.68. The Hall–Kier alpha value is -1.22. The molecule has 166 valence electrons. The highest BCUT2D eigenvalue weighted by Crippen LogP contribution is 2.39. The Balaban J connectivity index is 1.41. The molecule has 29 heavy (non-hydrogen) atoms. The lowest BCUT2D eigenvalue weighted by molar-refractivity contribution is -0.149. The van der Waals surface area contributed by atoms with Gasteiger partial charge < -0.3 is 29.6 Å². The second-order valence-electron chi connectivity index (χ2n) is 8.42. The SMILES string of the molecule is NC(=O)C1(C(=O)N(CCCCOCC2CO2)CCCCOCC2CO2)CCCC1. The smallest absolute Gasteiger partial charge is 0.238 e. The van der Waals surface area contributed by atoms with Gasteiger partial charge in [0.2, 0.25) is 11.8 Å². The summed E-state index contributed by atoms with van der Waals surface area (Å²) in [5, 5.41) is 0. The molecule has 8 nitrogen and oxygen atoms in total. The number of carbonyl (C=O) groups is 2. The minimum Gasteiger partial charge on any atom is -0.379 e. The van der Waals surface area contributed by atoms with Gasteiger partial charge in [-0.2, -0.15) is 0 Å². The zero-order valence-corrected chi connectivity index (χ0v) is 17.4. The largest absolute Gasteiger partial charge is 0.379 e. The fourth-order valence-corrected chi connectivity index (χ4v) is 3.93. The number of epoxide rings is 2. The van der Waals surface area contributed by atoms with Crippen molar-refractivity contribution in [3.05, 3.63) is 0 Å². The van der Waals surface area contributed by atoms with Crippen molar-refractivity contribution in [1.29, 1.82) is 0 Å². The summed E-state index contributed by atoms with van der Waals surface area (Å²) in [6, 6.07) is 0.